The molecule has 0 aromatic rings. The average Bonchev–Trinajstić information content (AvgIpc) is 2.06. The van der Waals surface area contributed by atoms with Crippen molar-refractivity contribution >= 4 is 8.88 Å². The normalized spacial score (nSPS) is 12.0. The molecule has 2 N–H and O–H groups in total. The molecule has 0 atom stereocenters. The Morgan fingerprint density at radius 1 is 1.08 bits per heavy atom. The predicted octanol–water partition coefficient (Wildman–Crippen LogP) is 0.324. The Hall–Kier alpha value is 0.0569. The highest BCUT2D eigenvalue weighted by molar-refractivity contribution is 6.62. The summed E-state index contributed by atoms with van der Waals surface area (Å²) in [5.74, 6) is 0. The van der Waals surface area contributed by atoms with Gasteiger partial charge in [0.25, 0.3) is 0 Å². The molecule has 0 saturated heterocycles. The minimum atomic E-state index is -2.27. The van der Waals surface area contributed by atoms with Crippen LogP contribution in [0.5, 0.6) is 0 Å². The maximum atomic E-state index is 5.55. The average molecular weight is 192 g/mol. The van der Waals surface area contributed by atoms with Crippen molar-refractivity contribution in [2.75, 3.05) is 26.8 Å². The van der Waals surface area contributed by atoms with Crippen molar-refractivity contribution < 1.29 is 8.85 Å². The van der Waals surface area contributed by atoms with Gasteiger partial charge in [-0.15, -0.1) is 0 Å². The first-order chi connectivity index (χ1) is 5.74. The van der Waals surface area contributed by atoms with Crippen molar-refractivity contribution in [2.24, 2.45) is 0 Å². The van der Waals surface area contributed by atoms with Crippen molar-refractivity contribution in [1.29, 1.82) is 0 Å². The molecule has 0 aliphatic rings. The van der Waals surface area contributed by atoms with Crippen molar-refractivity contribution in [2.45, 2.75) is 20.8 Å². The molecule has 0 aromatic heterocycles. The van der Waals surface area contributed by atoms with Crippen LogP contribution in [0.15, 0.2) is 0 Å². The maximum absolute atomic E-state index is 5.55. The Kier molecular flexibility index (Phi) is 6.59. The molecule has 5 heteroatoms. The van der Waals surface area contributed by atoms with Crippen molar-refractivity contribution in [1.82, 2.24) is 9.96 Å². The van der Waals surface area contributed by atoms with E-state index in [-0.39, 0.29) is 0 Å². The monoisotopic (exact) mass is 192 g/mol. The Morgan fingerprint density at radius 2 is 1.58 bits per heavy atom. The van der Waals surface area contributed by atoms with E-state index >= 15 is 0 Å². The van der Waals surface area contributed by atoms with Crippen LogP contribution < -0.4 is 9.96 Å². The molecule has 0 bridgehead atoms. The fraction of sp³-hybridized carbons (Fsp3) is 1.00. The van der Waals surface area contributed by atoms with Gasteiger partial charge in [0.05, 0.1) is 0 Å². The zero-order valence-electron chi connectivity index (χ0n) is 8.44. The second-order valence-electron chi connectivity index (χ2n) is 2.26. The molecule has 74 valence electrons. The van der Waals surface area contributed by atoms with Gasteiger partial charge in [-0.25, -0.2) is 0 Å². The van der Waals surface area contributed by atoms with E-state index < -0.39 is 8.88 Å². The van der Waals surface area contributed by atoms with Gasteiger partial charge >= 0.3 is 8.88 Å². The molecule has 0 heterocycles. The molecule has 0 spiro atoms. The summed E-state index contributed by atoms with van der Waals surface area (Å²) in [7, 11) is -0.408. The molecule has 0 aliphatic heterocycles. The van der Waals surface area contributed by atoms with E-state index in [0.29, 0.717) is 13.2 Å². The molecule has 0 saturated carbocycles. The maximum Gasteiger partial charge on any atom is 0.516 e. The molecule has 0 amide bonds. The van der Waals surface area contributed by atoms with Crippen LogP contribution >= 0.6 is 0 Å². The Balaban J connectivity index is 4.06. The molecular formula is C7H20N2O2Si. The van der Waals surface area contributed by atoms with E-state index in [1.807, 2.05) is 27.8 Å². The Labute approximate surface area is 76.0 Å². The van der Waals surface area contributed by atoms with Crippen LogP contribution in [-0.2, 0) is 8.85 Å². The molecule has 12 heavy (non-hydrogen) atoms. The molecule has 4 nitrogen and oxygen atoms in total. The summed E-state index contributed by atoms with van der Waals surface area (Å²) in [6.07, 6.45) is 0. The molecule has 0 rings (SSSR count). The standard InChI is InChI=1S/C7H20N2O2Si/c1-5-9-12(8-4,10-6-2)11-7-3/h8-9H,5-7H2,1-4H3. The summed E-state index contributed by atoms with van der Waals surface area (Å²) < 4.78 is 11.1. The van der Waals surface area contributed by atoms with Gasteiger partial charge in [-0.05, 0) is 27.4 Å². The fourth-order valence-electron chi connectivity index (χ4n) is 1.02. The summed E-state index contributed by atoms with van der Waals surface area (Å²) >= 11 is 0. The predicted molar refractivity (Wildman–Crippen MR) is 51.7 cm³/mol. The molecule has 0 fully saturated rings. The molecule has 0 aliphatic carbocycles. The van der Waals surface area contributed by atoms with Crippen LogP contribution in [-0.4, -0.2) is 35.7 Å². The second kappa shape index (κ2) is 6.56. The lowest BCUT2D eigenvalue weighted by Gasteiger charge is -2.28. The molecular weight excluding hydrogens is 172 g/mol. The van der Waals surface area contributed by atoms with Crippen molar-refractivity contribution in [3.63, 3.8) is 0 Å². The Bertz CT molecular complexity index is 96.6. The third-order valence-corrected chi connectivity index (χ3v) is 4.30. The number of hydrogen-bond acceptors (Lipinski definition) is 4. The minimum absolute atomic E-state index is 0.667. The van der Waals surface area contributed by atoms with E-state index in [1.54, 1.807) is 0 Å². The van der Waals surface area contributed by atoms with E-state index in [9.17, 15) is 0 Å². The number of rotatable bonds is 7. The highest BCUT2D eigenvalue weighted by atomic mass is 28.4. The van der Waals surface area contributed by atoms with Gasteiger partial charge < -0.3 is 8.85 Å². The van der Waals surface area contributed by atoms with Gasteiger partial charge in [0, 0.05) is 13.2 Å². The SMILES string of the molecule is CCN[Si](NC)(OCC)OCC. The van der Waals surface area contributed by atoms with Gasteiger partial charge in [0.15, 0.2) is 0 Å². The van der Waals surface area contributed by atoms with E-state index in [1.165, 1.54) is 0 Å². The third kappa shape index (κ3) is 3.64. The largest absolute Gasteiger partial charge is 0.516 e. The van der Waals surface area contributed by atoms with E-state index in [4.69, 9.17) is 8.85 Å². The van der Waals surface area contributed by atoms with Crippen LogP contribution in [0.3, 0.4) is 0 Å². The van der Waals surface area contributed by atoms with Gasteiger partial charge in [0.1, 0.15) is 0 Å². The molecule has 0 radical (unpaired) electrons. The fourth-order valence-corrected chi connectivity index (χ4v) is 3.05. The van der Waals surface area contributed by atoms with E-state index in [0.717, 1.165) is 6.54 Å². The summed E-state index contributed by atoms with van der Waals surface area (Å²) in [5.41, 5.74) is 0. The quantitative estimate of drug-likeness (QED) is 0.570. The highest BCUT2D eigenvalue weighted by Crippen LogP contribution is 1.97. The molecule has 0 aromatic carbocycles. The summed E-state index contributed by atoms with van der Waals surface area (Å²) in [6, 6.07) is 0. The zero-order valence-corrected chi connectivity index (χ0v) is 9.44. The highest BCUT2D eigenvalue weighted by Gasteiger charge is 2.36. The van der Waals surface area contributed by atoms with Crippen LogP contribution in [0.25, 0.3) is 0 Å². The van der Waals surface area contributed by atoms with Crippen LogP contribution in [0.1, 0.15) is 20.8 Å². The van der Waals surface area contributed by atoms with Crippen molar-refractivity contribution in [3.05, 3.63) is 0 Å². The smallest absolute Gasteiger partial charge is 0.371 e. The first-order valence-electron chi connectivity index (χ1n) is 4.46. The topological polar surface area (TPSA) is 42.5 Å². The van der Waals surface area contributed by atoms with Crippen LogP contribution in [0, 0.1) is 0 Å². The van der Waals surface area contributed by atoms with Gasteiger partial charge in [-0.2, -0.15) is 0 Å². The lowest BCUT2D eigenvalue weighted by Crippen LogP contribution is -2.66. The third-order valence-electron chi connectivity index (χ3n) is 1.43. The number of nitrogens with one attached hydrogen (secondary N) is 2. The van der Waals surface area contributed by atoms with Crippen LogP contribution in [0.2, 0.25) is 0 Å². The second-order valence-corrected chi connectivity index (χ2v) is 4.93. The van der Waals surface area contributed by atoms with Gasteiger partial charge in [-0.1, -0.05) is 6.92 Å². The Morgan fingerprint density at radius 3 is 1.83 bits per heavy atom. The minimum Gasteiger partial charge on any atom is -0.371 e. The summed E-state index contributed by atoms with van der Waals surface area (Å²) in [5, 5.41) is 0. The number of hydrogen-bond donors (Lipinski definition) is 2. The zero-order chi connectivity index (χ0) is 9.45. The first-order valence-corrected chi connectivity index (χ1v) is 6.28. The summed E-state index contributed by atoms with van der Waals surface area (Å²) in [4.78, 5) is 6.33. The van der Waals surface area contributed by atoms with Crippen molar-refractivity contribution in [3.8, 4) is 0 Å². The molecule has 0 unspecified atom stereocenters. The van der Waals surface area contributed by atoms with Gasteiger partial charge in [0.2, 0.25) is 0 Å². The first kappa shape index (κ1) is 12.1. The van der Waals surface area contributed by atoms with Crippen LogP contribution in [0.4, 0.5) is 0 Å². The lowest BCUT2D eigenvalue weighted by molar-refractivity contribution is 0.163. The van der Waals surface area contributed by atoms with Gasteiger partial charge in [-0.3, -0.25) is 9.96 Å². The summed E-state index contributed by atoms with van der Waals surface area (Å²) in [6.45, 7) is 8.16. The van der Waals surface area contributed by atoms with E-state index in [2.05, 4.69) is 9.96 Å². The lowest BCUT2D eigenvalue weighted by atomic mass is 10.8.